The van der Waals surface area contributed by atoms with Gasteiger partial charge in [0.05, 0.1) is 5.39 Å². The maximum Gasteiger partial charge on any atom is 0.137 e. The summed E-state index contributed by atoms with van der Waals surface area (Å²) in [5, 5.41) is 0.681. The Morgan fingerprint density at radius 2 is 1.83 bits per heavy atom. The summed E-state index contributed by atoms with van der Waals surface area (Å²) >= 11 is 0. The average Bonchev–Trinajstić information content (AvgIpc) is 2.74. The number of halogens is 2. The van der Waals surface area contributed by atoms with Crippen molar-refractivity contribution in [2.24, 2.45) is 17.8 Å². The summed E-state index contributed by atoms with van der Waals surface area (Å²) in [6, 6.07) is 6.80. The molecular formula is C27H34F2O. The minimum atomic E-state index is -0.531. The number of allylic oxidation sites excluding steroid dienone is 1. The molecule has 3 heteroatoms. The third-order valence-corrected chi connectivity index (χ3v) is 7.45. The monoisotopic (exact) mass is 412 g/mol. The third-order valence-electron chi connectivity index (χ3n) is 7.45. The van der Waals surface area contributed by atoms with E-state index in [1.807, 2.05) is 31.2 Å². The van der Waals surface area contributed by atoms with E-state index in [0.29, 0.717) is 29.2 Å². The van der Waals surface area contributed by atoms with E-state index in [-0.39, 0.29) is 17.1 Å². The molecule has 2 aromatic rings. The molecule has 2 fully saturated rings. The molecule has 2 unspecified atom stereocenters. The van der Waals surface area contributed by atoms with Gasteiger partial charge in [0.25, 0.3) is 0 Å². The lowest BCUT2D eigenvalue weighted by molar-refractivity contribution is 0.113. The van der Waals surface area contributed by atoms with Crippen molar-refractivity contribution in [3.63, 3.8) is 0 Å². The van der Waals surface area contributed by atoms with E-state index in [1.165, 1.54) is 44.6 Å². The predicted molar refractivity (Wildman–Crippen MR) is 120 cm³/mol. The van der Waals surface area contributed by atoms with Gasteiger partial charge in [-0.25, -0.2) is 8.78 Å². The molecule has 0 heterocycles. The molecule has 0 spiro atoms. The molecule has 0 aromatic heterocycles. The van der Waals surface area contributed by atoms with Crippen molar-refractivity contribution in [2.75, 3.05) is 6.61 Å². The topological polar surface area (TPSA) is 9.23 Å². The molecule has 4 rings (SSSR count). The van der Waals surface area contributed by atoms with Gasteiger partial charge in [0.1, 0.15) is 24.0 Å². The fraction of sp³-hybridized carbons (Fsp3) is 0.556. The van der Waals surface area contributed by atoms with Gasteiger partial charge in [0.15, 0.2) is 0 Å². The molecule has 2 saturated carbocycles. The first-order valence-corrected chi connectivity index (χ1v) is 11.8. The Kier molecular flexibility index (Phi) is 6.75. The first-order valence-electron chi connectivity index (χ1n) is 11.8. The standard InChI is InChI=1S/C27H34F2O/c1-3-5-13-30-23-16-22-11-12-24(27(29)26(22)25(28)17-23)21-10-9-19-14-18(6-4-2)7-8-20(19)15-21/h3,5,11-12,16-21H,4,6-10,13-15H2,1-2H3/b5-3+/t18?,19-,20?,21-/m1/s1. The summed E-state index contributed by atoms with van der Waals surface area (Å²) in [7, 11) is 0. The van der Waals surface area contributed by atoms with E-state index in [9.17, 15) is 4.39 Å². The second kappa shape index (κ2) is 9.49. The van der Waals surface area contributed by atoms with Gasteiger partial charge >= 0.3 is 0 Å². The van der Waals surface area contributed by atoms with E-state index in [4.69, 9.17) is 4.74 Å². The zero-order valence-electron chi connectivity index (χ0n) is 18.3. The highest BCUT2D eigenvalue weighted by Gasteiger charge is 2.36. The lowest BCUT2D eigenvalue weighted by Gasteiger charge is -2.42. The maximum atomic E-state index is 15.4. The van der Waals surface area contributed by atoms with Crippen LogP contribution in [0.15, 0.2) is 36.4 Å². The Bertz CT molecular complexity index is 903. The van der Waals surface area contributed by atoms with Gasteiger partial charge in [-0.05, 0) is 79.7 Å². The van der Waals surface area contributed by atoms with Gasteiger partial charge in [-0.3, -0.25) is 0 Å². The van der Waals surface area contributed by atoms with Crippen molar-refractivity contribution in [1.82, 2.24) is 0 Å². The van der Waals surface area contributed by atoms with Gasteiger partial charge < -0.3 is 4.74 Å². The molecule has 0 saturated heterocycles. The third kappa shape index (κ3) is 4.40. The molecule has 0 aliphatic heterocycles. The number of fused-ring (bicyclic) bond motifs is 2. The summed E-state index contributed by atoms with van der Waals surface area (Å²) in [4.78, 5) is 0. The molecule has 0 N–H and O–H groups in total. The van der Waals surface area contributed by atoms with Gasteiger partial charge in [-0.2, -0.15) is 0 Å². The van der Waals surface area contributed by atoms with Crippen molar-refractivity contribution in [1.29, 1.82) is 0 Å². The summed E-state index contributed by atoms with van der Waals surface area (Å²) < 4.78 is 35.8. The fourth-order valence-corrected chi connectivity index (χ4v) is 5.94. The first-order chi connectivity index (χ1) is 14.6. The van der Waals surface area contributed by atoms with Crippen LogP contribution in [0, 0.1) is 29.4 Å². The molecule has 0 bridgehead atoms. The molecule has 4 atom stereocenters. The predicted octanol–water partition coefficient (Wildman–Crippen LogP) is 8.17. The van der Waals surface area contributed by atoms with Crippen LogP contribution in [-0.4, -0.2) is 6.61 Å². The van der Waals surface area contributed by atoms with Crippen molar-refractivity contribution < 1.29 is 13.5 Å². The SMILES string of the molecule is C/C=C/COc1cc(F)c2c(F)c([C@@H]3CC[C@@H]4CC(CCC)CCC4C3)ccc2c1. The van der Waals surface area contributed by atoms with E-state index in [2.05, 4.69) is 6.92 Å². The lowest BCUT2D eigenvalue weighted by atomic mass is 9.63. The molecule has 2 aliphatic rings. The van der Waals surface area contributed by atoms with E-state index in [0.717, 1.165) is 24.7 Å². The van der Waals surface area contributed by atoms with Crippen LogP contribution in [0.1, 0.15) is 76.7 Å². The van der Waals surface area contributed by atoms with Crippen molar-refractivity contribution >= 4 is 10.8 Å². The number of hydrogen-bond acceptors (Lipinski definition) is 1. The second-order valence-corrected chi connectivity index (χ2v) is 9.35. The Balaban J connectivity index is 1.53. The average molecular weight is 413 g/mol. The normalized spacial score (nSPS) is 26.8. The zero-order chi connectivity index (χ0) is 21.1. The highest BCUT2D eigenvalue weighted by molar-refractivity contribution is 5.86. The summed E-state index contributed by atoms with van der Waals surface area (Å²) in [6.45, 7) is 4.57. The van der Waals surface area contributed by atoms with Crippen LogP contribution in [0.5, 0.6) is 5.75 Å². The molecule has 162 valence electrons. The number of hydrogen-bond donors (Lipinski definition) is 0. The smallest absolute Gasteiger partial charge is 0.137 e. The molecule has 0 radical (unpaired) electrons. The first kappa shape index (κ1) is 21.3. The Morgan fingerprint density at radius 1 is 1.03 bits per heavy atom. The lowest BCUT2D eigenvalue weighted by Crippen LogP contribution is -2.30. The van der Waals surface area contributed by atoms with Gasteiger partial charge in [-0.15, -0.1) is 0 Å². The fourth-order valence-electron chi connectivity index (χ4n) is 5.94. The van der Waals surface area contributed by atoms with Crippen molar-refractivity contribution in [3.05, 3.63) is 53.6 Å². The Hall–Kier alpha value is -1.90. The van der Waals surface area contributed by atoms with Gasteiger partial charge in [0.2, 0.25) is 0 Å². The van der Waals surface area contributed by atoms with Crippen LogP contribution in [-0.2, 0) is 0 Å². The number of ether oxygens (including phenoxy) is 1. The highest BCUT2D eigenvalue weighted by atomic mass is 19.1. The van der Waals surface area contributed by atoms with Gasteiger partial charge in [0, 0.05) is 6.07 Å². The highest BCUT2D eigenvalue weighted by Crippen LogP contribution is 2.49. The summed E-state index contributed by atoms with van der Waals surface area (Å²) in [5.74, 6) is 2.16. The second-order valence-electron chi connectivity index (χ2n) is 9.35. The quantitative estimate of drug-likeness (QED) is 0.435. The Morgan fingerprint density at radius 3 is 2.63 bits per heavy atom. The van der Waals surface area contributed by atoms with Crippen LogP contribution >= 0.6 is 0 Å². The minimum absolute atomic E-state index is 0.111. The number of benzene rings is 2. The summed E-state index contributed by atoms with van der Waals surface area (Å²) in [6.07, 6.45) is 13.6. The molecular weight excluding hydrogens is 378 g/mol. The Labute approximate surface area is 179 Å². The maximum absolute atomic E-state index is 15.4. The molecule has 1 nitrogen and oxygen atoms in total. The van der Waals surface area contributed by atoms with E-state index < -0.39 is 5.82 Å². The van der Waals surface area contributed by atoms with E-state index in [1.54, 1.807) is 6.07 Å². The number of rotatable bonds is 6. The molecule has 2 aromatic carbocycles. The van der Waals surface area contributed by atoms with E-state index >= 15 is 4.39 Å². The van der Waals surface area contributed by atoms with Crippen molar-refractivity contribution in [3.8, 4) is 5.75 Å². The van der Waals surface area contributed by atoms with Crippen LogP contribution in [0.2, 0.25) is 0 Å². The van der Waals surface area contributed by atoms with Crippen LogP contribution in [0.25, 0.3) is 10.8 Å². The molecule has 30 heavy (non-hydrogen) atoms. The zero-order valence-corrected chi connectivity index (χ0v) is 18.3. The van der Waals surface area contributed by atoms with Crippen LogP contribution in [0.3, 0.4) is 0 Å². The molecule has 2 aliphatic carbocycles. The largest absolute Gasteiger partial charge is 0.489 e. The van der Waals surface area contributed by atoms with Gasteiger partial charge in [-0.1, -0.05) is 50.5 Å². The van der Waals surface area contributed by atoms with Crippen LogP contribution in [0.4, 0.5) is 8.78 Å². The minimum Gasteiger partial charge on any atom is -0.489 e. The van der Waals surface area contributed by atoms with Crippen molar-refractivity contribution in [2.45, 2.75) is 71.1 Å². The molecule has 0 amide bonds. The van der Waals surface area contributed by atoms with Crippen LogP contribution < -0.4 is 4.74 Å². The summed E-state index contributed by atoms with van der Waals surface area (Å²) in [5.41, 5.74) is 0.707.